The van der Waals surface area contributed by atoms with Crippen LogP contribution >= 0.6 is 0 Å². The molecule has 0 saturated heterocycles. The van der Waals surface area contributed by atoms with Crippen LogP contribution in [0.4, 0.5) is 5.95 Å². The fourth-order valence-electron chi connectivity index (χ4n) is 3.30. The molecule has 3 aromatic rings. The van der Waals surface area contributed by atoms with E-state index in [0.29, 0.717) is 30.2 Å². The van der Waals surface area contributed by atoms with E-state index < -0.39 is 5.92 Å². The Labute approximate surface area is 150 Å². The zero-order valence-corrected chi connectivity index (χ0v) is 14.5. The van der Waals surface area contributed by atoms with Crippen LogP contribution < -0.4 is 4.90 Å². The summed E-state index contributed by atoms with van der Waals surface area (Å²) >= 11 is 0. The van der Waals surface area contributed by atoms with Gasteiger partial charge in [0, 0.05) is 12.4 Å². The second-order valence-electron chi connectivity index (χ2n) is 6.39. The highest BCUT2D eigenvalue weighted by Crippen LogP contribution is 2.31. The zero-order chi connectivity index (χ0) is 18.1. The first kappa shape index (κ1) is 16.4. The quantitative estimate of drug-likeness (QED) is 0.662. The number of rotatable bonds is 5. The molecule has 0 bridgehead atoms. The van der Waals surface area contributed by atoms with Crippen molar-refractivity contribution >= 4 is 29.1 Å². The molecular formula is C19H19N5O2. The van der Waals surface area contributed by atoms with Crippen LogP contribution in [0.5, 0.6) is 0 Å². The number of anilines is 1. The molecule has 26 heavy (non-hydrogen) atoms. The first-order valence-electron chi connectivity index (χ1n) is 8.79. The molecule has 0 fully saturated rings. The number of imidazole rings is 1. The van der Waals surface area contributed by atoms with Gasteiger partial charge in [-0.1, -0.05) is 50.1 Å². The van der Waals surface area contributed by atoms with Gasteiger partial charge in [0.05, 0.1) is 6.54 Å². The summed E-state index contributed by atoms with van der Waals surface area (Å²) in [5.74, 6) is -0.857. The van der Waals surface area contributed by atoms with Crippen molar-refractivity contribution in [1.29, 1.82) is 0 Å². The molecule has 0 saturated carbocycles. The Morgan fingerprint density at radius 3 is 2.58 bits per heavy atom. The second-order valence-corrected chi connectivity index (χ2v) is 6.39. The number of hydrogen-bond donors (Lipinski definition) is 0. The van der Waals surface area contributed by atoms with Gasteiger partial charge in [-0.2, -0.15) is 4.98 Å². The largest absolute Gasteiger partial charge is 0.276 e. The Bertz CT molecular complexity index is 966. The topological polar surface area (TPSA) is 81.0 Å². The Balaban J connectivity index is 1.83. The van der Waals surface area contributed by atoms with Gasteiger partial charge in [-0.05, 0) is 12.0 Å². The molecule has 1 aromatic carbocycles. The van der Waals surface area contributed by atoms with Gasteiger partial charge in [0.1, 0.15) is 5.92 Å². The molecule has 0 N–H and O–H groups in total. The van der Waals surface area contributed by atoms with E-state index in [2.05, 4.69) is 15.0 Å². The molecule has 0 radical (unpaired) electrons. The fraction of sp³-hybridized carbons (Fsp3) is 0.316. The maximum atomic E-state index is 13.1. The molecule has 4 rings (SSSR count). The van der Waals surface area contributed by atoms with E-state index in [1.807, 2.05) is 37.3 Å². The highest BCUT2D eigenvalue weighted by atomic mass is 16.2. The average molecular weight is 349 g/mol. The monoisotopic (exact) mass is 349 g/mol. The van der Waals surface area contributed by atoms with E-state index in [1.165, 1.54) is 17.0 Å². The first-order valence-corrected chi connectivity index (χ1v) is 8.79. The number of carbonyl (C=O) groups is 2. The molecule has 7 nitrogen and oxygen atoms in total. The average Bonchev–Trinajstić information content (AvgIpc) is 3.05. The normalized spacial score (nSPS) is 17.0. The molecule has 0 aliphatic carbocycles. The van der Waals surface area contributed by atoms with Crippen molar-refractivity contribution in [2.24, 2.45) is 5.92 Å². The molecule has 3 heterocycles. The molecule has 1 aliphatic rings. The molecule has 1 aliphatic heterocycles. The van der Waals surface area contributed by atoms with E-state index >= 15 is 0 Å². The minimum atomic E-state index is -0.703. The third-order valence-electron chi connectivity index (χ3n) is 4.63. The van der Waals surface area contributed by atoms with Crippen LogP contribution in [0, 0.1) is 5.92 Å². The molecule has 132 valence electrons. The summed E-state index contributed by atoms with van der Waals surface area (Å²) in [7, 11) is 0. The van der Waals surface area contributed by atoms with Crippen molar-refractivity contribution in [1.82, 2.24) is 19.5 Å². The maximum absolute atomic E-state index is 13.1. The summed E-state index contributed by atoms with van der Waals surface area (Å²) in [5.41, 5.74) is 1.75. The number of carbonyl (C=O) groups excluding carboxylic acids is 2. The van der Waals surface area contributed by atoms with Crippen molar-refractivity contribution in [2.75, 3.05) is 4.90 Å². The number of nitrogens with zero attached hydrogens (tertiary/aromatic N) is 5. The second kappa shape index (κ2) is 6.67. The molecular weight excluding hydrogens is 330 g/mol. The van der Waals surface area contributed by atoms with Gasteiger partial charge in [-0.3, -0.25) is 14.5 Å². The third kappa shape index (κ3) is 2.65. The Morgan fingerprint density at radius 1 is 1.04 bits per heavy atom. The number of hydrogen-bond acceptors (Lipinski definition) is 5. The molecule has 7 heteroatoms. The molecule has 1 amide bonds. The number of amides is 1. The predicted molar refractivity (Wildman–Crippen MR) is 96.6 cm³/mol. The highest BCUT2D eigenvalue weighted by molar-refractivity contribution is 6.14. The molecule has 2 aromatic heterocycles. The molecule has 1 unspecified atom stereocenters. The Hall–Kier alpha value is -3.09. The van der Waals surface area contributed by atoms with Crippen molar-refractivity contribution in [3.05, 3.63) is 48.3 Å². The van der Waals surface area contributed by atoms with Gasteiger partial charge in [-0.25, -0.2) is 14.5 Å². The van der Waals surface area contributed by atoms with Crippen LogP contribution in [-0.2, 0) is 11.3 Å². The Kier molecular flexibility index (Phi) is 4.20. The van der Waals surface area contributed by atoms with Crippen molar-refractivity contribution in [3.63, 3.8) is 0 Å². The maximum Gasteiger partial charge on any atom is 0.247 e. The third-order valence-corrected chi connectivity index (χ3v) is 4.63. The van der Waals surface area contributed by atoms with Gasteiger partial charge < -0.3 is 0 Å². The summed E-state index contributed by atoms with van der Waals surface area (Å²) in [6.07, 6.45) is 5.33. The summed E-state index contributed by atoms with van der Waals surface area (Å²) in [6.45, 7) is 2.40. The van der Waals surface area contributed by atoms with E-state index in [4.69, 9.17) is 0 Å². The minimum absolute atomic E-state index is 0.199. The van der Waals surface area contributed by atoms with Crippen LogP contribution in [0.2, 0.25) is 0 Å². The zero-order valence-electron chi connectivity index (χ0n) is 14.5. The van der Waals surface area contributed by atoms with E-state index in [-0.39, 0.29) is 11.8 Å². The van der Waals surface area contributed by atoms with E-state index in [0.717, 1.165) is 18.4 Å². The minimum Gasteiger partial charge on any atom is -0.276 e. The van der Waals surface area contributed by atoms with Crippen molar-refractivity contribution in [2.45, 2.75) is 32.7 Å². The first-order chi connectivity index (χ1) is 12.7. The van der Waals surface area contributed by atoms with Crippen LogP contribution in [0.1, 0.15) is 36.5 Å². The lowest BCUT2D eigenvalue weighted by Gasteiger charge is -2.31. The Morgan fingerprint density at radius 2 is 1.81 bits per heavy atom. The molecule has 1 atom stereocenters. The number of aromatic nitrogens is 4. The standard InChI is InChI=1S/C19H19N5O2/c1-2-3-9-14-17(25)23(12-13-7-5-4-6-8-13)19-22-15-16(21-11-10-20-15)24(19)18(14)26/h4-8,10-11,14H,2-3,9,12H2,1H3. The van der Waals surface area contributed by atoms with Crippen LogP contribution in [0.3, 0.4) is 0 Å². The SMILES string of the molecule is CCCCC1C(=O)N(Cc2ccccc2)c2nc3nccnc3n2C1=O. The van der Waals surface area contributed by atoms with E-state index in [9.17, 15) is 9.59 Å². The van der Waals surface area contributed by atoms with Crippen molar-refractivity contribution < 1.29 is 9.59 Å². The predicted octanol–water partition coefficient (Wildman–Crippen LogP) is 2.82. The van der Waals surface area contributed by atoms with Gasteiger partial charge in [0.2, 0.25) is 17.8 Å². The summed E-state index contributed by atoms with van der Waals surface area (Å²) in [6, 6.07) is 9.69. The van der Waals surface area contributed by atoms with Gasteiger partial charge in [-0.15, -0.1) is 0 Å². The summed E-state index contributed by atoms with van der Waals surface area (Å²) in [5, 5.41) is 0. The lowest BCUT2D eigenvalue weighted by atomic mass is 9.97. The van der Waals surface area contributed by atoms with Crippen LogP contribution in [0.15, 0.2) is 42.7 Å². The summed E-state index contributed by atoms with van der Waals surface area (Å²) < 4.78 is 1.45. The number of unbranched alkanes of at least 4 members (excludes halogenated alkanes) is 1. The highest BCUT2D eigenvalue weighted by Gasteiger charge is 2.41. The van der Waals surface area contributed by atoms with Gasteiger partial charge in [0.15, 0.2) is 11.3 Å². The summed E-state index contributed by atoms with van der Waals surface area (Å²) in [4.78, 5) is 40.6. The lowest BCUT2D eigenvalue weighted by Crippen LogP contribution is -2.47. The fourth-order valence-corrected chi connectivity index (χ4v) is 3.30. The van der Waals surface area contributed by atoms with Crippen LogP contribution in [-0.4, -0.2) is 31.3 Å². The number of benzene rings is 1. The number of fused-ring (bicyclic) bond motifs is 3. The van der Waals surface area contributed by atoms with Gasteiger partial charge in [0.25, 0.3) is 0 Å². The lowest BCUT2D eigenvalue weighted by molar-refractivity contribution is -0.122. The van der Waals surface area contributed by atoms with Gasteiger partial charge >= 0.3 is 0 Å². The van der Waals surface area contributed by atoms with Crippen LogP contribution in [0.25, 0.3) is 11.3 Å². The smallest absolute Gasteiger partial charge is 0.247 e. The van der Waals surface area contributed by atoms with E-state index in [1.54, 1.807) is 4.90 Å². The van der Waals surface area contributed by atoms with Crippen molar-refractivity contribution in [3.8, 4) is 0 Å². The molecule has 0 spiro atoms.